The molecule has 0 unspecified atom stereocenters. The zero-order chi connectivity index (χ0) is 20.6. The van der Waals surface area contributed by atoms with Crippen LogP contribution >= 0.6 is 0 Å². The number of hydrogen-bond acceptors (Lipinski definition) is 5. The van der Waals surface area contributed by atoms with E-state index in [1.54, 1.807) is 24.1 Å². The predicted octanol–water partition coefficient (Wildman–Crippen LogP) is 4.84. The normalized spacial score (nSPS) is 14.4. The van der Waals surface area contributed by atoms with Crippen LogP contribution in [-0.4, -0.2) is 47.2 Å². The molecule has 0 aromatic carbocycles. The lowest BCUT2D eigenvalue weighted by molar-refractivity contribution is 0.00877. The zero-order valence-electron chi connectivity index (χ0n) is 17.5. The average molecular weight is 389 g/mol. The molecular weight excluding hydrogens is 356 g/mol. The Morgan fingerprint density at radius 2 is 2.04 bits per heavy atom. The molecule has 28 heavy (non-hydrogen) atoms. The van der Waals surface area contributed by atoms with Crippen LogP contribution in [0.2, 0.25) is 0 Å². The van der Waals surface area contributed by atoms with E-state index in [1.165, 1.54) is 0 Å². The first-order valence-electron chi connectivity index (χ1n) is 10.2. The molecule has 0 saturated heterocycles. The summed E-state index contributed by atoms with van der Waals surface area (Å²) in [5, 5.41) is 0. The third kappa shape index (κ3) is 6.08. The van der Waals surface area contributed by atoms with Gasteiger partial charge in [-0.1, -0.05) is 31.9 Å². The summed E-state index contributed by atoms with van der Waals surface area (Å²) in [6.45, 7) is 9.17. The minimum absolute atomic E-state index is 0.284. The Balaban J connectivity index is 2.01. The highest BCUT2D eigenvalue weighted by Gasteiger charge is 2.28. The van der Waals surface area contributed by atoms with E-state index in [0.717, 1.165) is 36.8 Å². The molecule has 0 radical (unpaired) electrons. The summed E-state index contributed by atoms with van der Waals surface area (Å²) in [7, 11) is 0. The van der Waals surface area contributed by atoms with Crippen molar-refractivity contribution in [3.8, 4) is 0 Å². The number of pyridine rings is 1. The summed E-state index contributed by atoms with van der Waals surface area (Å²) in [6, 6.07) is 3.67. The minimum Gasteiger partial charge on any atom is -0.461 e. The van der Waals surface area contributed by atoms with Gasteiger partial charge in [-0.25, -0.2) is 14.6 Å². The first-order chi connectivity index (χ1) is 13.4. The largest absolute Gasteiger partial charge is 0.461 e. The van der Waals surface area contributed by atoms with Crippen molar-refractivity contribution in [1.82, 2.24) is 9.88 Å². The Morgan fingerprint density at radius 3 is 2.68 bits per heavy atom. The molecule has 154 valence electrons. The van der Waals surface area contributed by atoms with Gasteiger partial charge < -0.3 is 14.4 Å². The van der Waals surface area contributed by atoms with Gasteiger partial charge in [0.2, 0.25) is 0 Å². The summed E-state index contributed by atoms with van der Waals surface area (Å²) >= 11 is 0. The molecule has 0 spiro atoms. The molecule has 0 bridgehead atoms. The van der Waals surface area contributed by atoms with Crippen LogP contribution in [0.4, 0.5) is 4.79 Å². The third-order valence-electron chi connectivity index (χ3n) is 4.84. The highest BCUT2D eigenvalue weighted by atomic mass is 16.6. The Morgan fingerprint density at radius 1 is 1.25 bits per heavy atom. The molecule has 6 nitrogen and oxygen atoms in total. The molecule has 1 aliphatic heterocycles. The maximum Gasteiger partial charge on any atom is 0.410 e. The second kappa shape index (κ2) is 10.2. The smallest absolute Gasteiger partial charge is 0.410 e. The number of nitrogens with zero attached hydrogens (tertiary/aromatic N) is 2. The van der Waals surface area contributed by atoms with Crippen molar-refractivity contribution >= 4 is 17.6 Å². The number of amides is 1. The number of aromatic nitrogens is 1. The van der Waals surface area contributed by atoms with Crippen LogP contribution in [0.5, 0.6) is 0 Å². The Kier molecular flexibility index (Phi) is 8.03. The van der Waals surface area contributed by atoms with Crippen molar-refractivity contribution in [2.45, 2.75) is 65.4 Å². The number of ether oxygens (including phenoxy) is 2. The molecule has 2 heterocycles. The molecule has 0 N–H and O–H groups in total. The van der Waals surface area contributed by atoms with Crippen molar-refractivity contribution in [2.75, 3.05) is 19.7 Å². The Hall–Kier alpha value is -2.37. The Bertz CT molecular complexity index is 712. The quantitative estimate of drug-likeness (QED) is 0.471. The standard InChI is InChI=1S/C22H32N2O4/c1-5-7-8-13-22(3,4)28-21(26)24-15-11-17(12-16-24)18-10-9-14-23-19(18)20(25)27-6-2/h9-11,14H,5-8,12-13,15-16H2,1-4H3. The van der Waals surface area contributed by atoms with E-state index in [4.69, 9.17) is 9.47 Å². The second-order valence-corrected chi connectivity index (χ2v) is 7.63. The molecule has 0 fully saturated rings. The SMILES string of the molecule is CCCCCC(C)(C)OC(=O)N1CC=C(c2cccnc2C(=O)OCC)CC1. The molecule has 1 amide bonds. The van der Waals surface area contributed by atoms with Gasteiger partial charge in [-0.2, -0.15) is 0 Å². The summed E-state index contributed by atoms with van der Waals surface area (Å²) in [4.78, 5) is 30.6. The van der Waals surface area contributed by atoms with Crippen LogP contribution in [0.3, 0.4) is 0 Å². The van der Waals surface area contributed by atoms with E-state index < -0.39 is 11.6 Å². The topological polar surface area (TPSA) is 68.7 Å². The first kappa shape index (κ1) is 21.9. The van der Waals surface area contributed by atoms with Crippen molar-refractivity contribution in [1.29, 1.82) is 0 Å². The molecule has 0 atom stereocenters. The molecule has 0 saturated carbocycles. The lowest BCUT2D eigenvalue weighted by Crippen LogP contribution is -2.40. The minimum atomic E-state index is -0.462. The maximum absolute atomic E-state index is 12.5. The fourth-order valence-electron chi connectivity index (χ4n) is 3.26. The zero-order valence-corrected chi connectivity index (χ0v) is 17.5. The predicted molar refractivity (Wildman–Crippen MR) is 109 cm³/mol. The van der Waals surface area contributed by atoms with E-state index in [0.29, 0.717) is 31.8 Å². The van der Waals surface area contributed by atoms with Gasteiger partial charge in [0, 0.05) is 24.8 Å². The van der Waals surface area contributed by atoms with Gasteiger partial charge >= 0.3 is 12.1 Å². The third-order valence-corrected chi connectivity index (χ3v) is 4.84. The lowest BCUT2D eigenvalue weighted by Gasteiger charge is -2.31. The Labute approximate surface area is 167 Å². The van der Waals surface area contributed by atoms with Crippen LogP contribution < -0.4 is 0 Å². The first-order valence-corrected chi connectivity index (χ1v) is 10.2. The highest BCUT2D eigenvalue weighted by Crippen LogP contribution is 2.26. The monoisotopic (exact) mass is 388 g/mol. The van der Waals surface area contributed by atoms with Crippen LogP contribution in [0.25, 0.3) is 5.57 Å². The van der Waals surface area contributed by atoms with E-state index in [2.05, 4.69) is 11.9 Å². The number of hydrogen-bond donors (Lipinski definition) is 0. The molecule has 1 aromatic rings. The van der Waals surface area contributed by atoms with Crippen molar-refractivity contribution in [2.24, 2.45) is 0 Å². The van der Waals surface area contributed by atoms with Gasteiger partial charge in [0.15, 0.2) is 5.69 Å². The van der Waals surface area contributed by atoms with Gasteiger partial charge in [0.1, 0.15) is 5.60 Å². The summed E-state index contributed by atoms with van der Waals surface area (Å²) < 4.78 is 10.8. The van der Waals surface area contributed by atoms with E-state index >= 15 is 0 Å². The summed E-state index contributed by atoms with van der Waals surface area (Å²) in [6.07, 6.45) is 8.12. The van der Waals surface area contributed by atoms with Crippen molar-refractivity contribution < 1.29 is 19.1 Å². The van der Waals surface area contributed by atoms with E-state index in [1.807, 2.05) is 26.0 Å². The lowest BCUT2D eigenvalue weighted by atomic mass is 9.98. The van der Waals surface area contributed by atoms with Gasteiger partial charge in [0.05, 0.1) is 6.61 Å². The van der Waals surface area contributed by atoms with Crippen molar-refractivity contribution in [3.63, 3.8) is 0 Å². The number of carbonyl (C=O) groups is 2. The number of unbranched alkanes of at least 4 members (excludes halogenated alkanes) is 2. The van der Waals surface area contributed by atoms with Crippen LogP contribution in [-0.2, 0) is 9.47 Å². The molecule has 0 aliphatic carbocycles. The average Bonchev–Trinajstić information content (AvgIpc) is 2.68. The molecule has 1 aliphatic rings. The fourth-order valence-corrected chi connectivity index (χ4v) is 3.26. The second-order valence-electron chi connectivity index (χ2n) is 7.63. The number of carbonyl (C=O) groups excluding carboxylic acids is 2. The molecule has 1 aromatic heterocycles. The number of esters is 1. The number of rotatable bonds is 8. The van der Waals surface area contributed by atoms with Crippen LogP contribution in [0, 0.1) is 0 Å². The van der Waals surface area contributed by atoms with Crippen LogP contribution in [0.1, 0.15) is 75.9 Å². The highest BCUT2D eigenvalue weighted by molar-refractivity contribution is 5.93. The van der Waals surface area contributed by atoms with E-state index in [-0.39, 0.29) is 6.09 Å². The maximum atomic E-state index is 12.5. The summed E-state index contributed by atoms with van der Waals surface area (Å²) in [5.41, 5.74) is 1.64. The fraction of sp³-hybridized carbons (Fsp3) is 0.591. The molecule has 2 rings (SSSR count). The van der Waals surface area contributed by atoms with Gasteiger partial charge in [-0.05, 0) is 51.7 Å². The van der Waals surface area contributed by atoms with Crippen LogP contribution in [0.15, 0.2) is 24.4 Å². The molecular formula is C22H32N2O4. The van der Waals surface area contributed by atoms with Gasteiger partial charge in [-0.15, -0.1) is 0 Å². The summed E-state index contributed by atoms with van der Waals surface area (Å²) in [5.74, 6) is -0.422. The van der Waals surface area contributed by atoms with E-state index in [9.17, 15) is 9.59 Å². The van der Waals surface area contributed by atoms with Gasteiger partial charge in [0.25, 0.3) is 0 Å². The van der Waals surface area contributed by atoms with Crippen molar-refractivity contribution in [3.05, 3.63) is 35.7 Å². The molecule has 6 heteroatoms. The van der Waals surface area contributed by atoms with Gasteiger partial charge in [-0.3, -0.25) is 0 Å².